The van der Waals surface area contributed by atoms with Crippen LogP contribution in [0.15, 0.2) is 29.2 Å². The number of nitrogens with one attached hydrogen (secondary N) is 1. The third kappa shape index (κ3) is 5.08. The van der Waals surface area contributed by atoms with Crippen molar-refractivity contribution in [2.24, 2.45) is 11.1 Å². The molecule has 1 aliphatic rings. The van der Waals surface area contributed by atoms with Crippen LogP contribution in [0.4, 0.5) is 0 Å². The van der Waals surface area contributed by atoms with Crippen LogP contribution in [0.25, 0.3) is 0 Å². The zero-order chi connectivity index (χ0) is 16.2. The molecule has 1 aliphatic heterocycles. The molecule has 122 valence electrons. The quantitative estimate of drug-likeness (QED) is 0.833. The summed E-state index contributed by atoms with van der Waals surface area (Å²) >= 11 is 0. The number of sulfonamides is 1. The fourth-order valence-corrected chi connectivity index (χ4v) is 3.11. The van der Waals surface area contributed by atoms with Crippen molar-refractivity contribution in [3.8, 4) is 0 Å². The van der Waals surface area contributed by atoms with Crippen molar-refractivity contribution in [3.63, 3.8) is 0 Å². The molecular formula is C15H23N3O3S. The monoisotopic (exact) mass is 325 g/mol. The van der Waals surface area contributed by atoms with Crippen LogP contribution in [-0.2, 0) is 21.4 Å². The van der Waals surface area contributed by atoms with Crippen LogP contribution in [0.1, 0.15) is 24.8 Å². The maximum absolute atomic E-state index is 12.0. The lowest BCUT2D eigenvalue weighted by Crippen LogP contribution is -2.33. The van der Waals surface area contributed by atoms with E-state index in [4.69, 9.17) is 5.14 Å². The molecule has 1 aromatic carbocycles. The standard InChI is InChI=1S/C15H23N3O3S/c1-18-8-6-12(7-9-18)10-15(19)17-11-13-2-4-14(5-3-13)22(16,20)21/h2-5,12H,6-11H2,1H3,(H,17,19)(H2,16,20,21). The third-order valence-electron chi connectivity index (χ3n) is 4.05. The Morgan fingerprint density at radius 1 is 1.27 bits per heavy atom. The number of piperidine rings is 1. The number of rotatable bonds is 5. The first-order valence-corrected chi connectivity index (χ1v) is 8.96. The first-order chi connectivity index (χ1) is 10.3. The highest BCUT2D eigenvalue weighted by Gasteiger charge is 2.19. The molecule has 0 unspecified atom stereocenters. The maximum atomic E-state index is 12.0. The van der Waals surface area contributed by atoms with Crippen molar-refractivity contribution in [1.82, 2.24) is 10.2 Å². The fraction of sp³-hybridized carbons (Fsp3) is 0.533. The van der Waals surface area contributed by atoms with Gasteiger partial charge >= 0.3 is 0 Å². The minimum atomic E-state index is -3.67. The first-order valence-electron chi connectivity index (χ1n) is 7.41. The van der Waals surface area contributed by atoms with E-state index in [9.17, 15) is 13.2 Å². The van der Waals surface area contributed by atoms with Gasteiger partial charge in [0.1, 0.15) is 0 Å². The molecule has 0 bridgehead atoms. The summed E-state index contributed by atoms with van der Waals surface area (Å²) in [7, 11) is -1.57. The predicted octanol–water partition coefficient (Wildman–Crippen LogP) is 0.682. The SMILES string of the molecule is CN1CCC(CC(=O)NCc2ccc(S(N)(=O)=O)cc2)CC1. The van der Waals surface area contributed by atoms with Gasteiger partial charge in [0.2, 0.25) is 15.9 Å². The average Bonchev–Trinajstić information content (AvgIpc) is 2.47. The molecular weight excluding hydrogens is 302 g/mol. The number of likely N-dealkylation sites (tertiary alicyclic amines) is 1. The van der Waals surface area contributed by atoms with Crippen molar-refractivity contribution in [2.45, 2.75) is 30.7 Å². The van der Waals surface area contributed by atoms with Gasteiger partial charge in [-0.3, -0.25) is 4.79 Å². The van der Waals surface area contributed by atoms with Gasteiger partial charge in [-0.25, -0.2) is 13.6 Å². The number of nitrogens with two attached hydrogens (primary N) is 1. The van der Waals surface area contributed by atoms with E-state index in [1.54, 1.807) is 12.1 Å². The molecule has 3 N–H and O–H groups in total. The van der Waals surface area contributed by atoms with Crippen LogP contribution >= 0.6 is 0 Å². The van der Waals surface area contributed by atoms with Gasteiger partial charge < -0.3 is 10.2 Å². The van der Waals surface area contributed by atoms with E-state index >= 15 is 0 Å². The molecule has 6 nitrogen and oxygen atoms in total. The molecule has 1 aromatic rings. The second-order valence-corrected chi connectivity index (χ2v) is 7.48. The highest BCUT2D eigenvalue weighted by Crippen LogP contribution is 2.19. The van der Waals surface area contributed by atoms with Gasteiger partial charge in [-0.1, -0.05) is 12.1 Å². The molecule has 7 heteroatoms. The number of hydrogen-bond donors (Lipinski definition) is 2. The lowest BCUT2D eigenvalue weighted by Gasteiger charge is -2.28. The maximum Gasteiger partial charge on any atom is 0.238 e. The van der Waals surface area contributed by atoms with Crippen LogP contribution in [0, 0.1) is 5.92 Å². The summed E-state index contributed by atoms with van der Waals surface area (Å²) in [5.41, 5.74) is 0.851. The van der Waals surface area contributed by atoms with Gasteiger partial charge in [0, 0.05) is 13.0 Å². The predicted molar refractivity (Wildman–Crippen MR) is 84.5 cm³/mol. The minimum Gasteiger partial charge on any atom is -0.352 e. The molecule has 22 heavy (non-hydrogen) atoms. The highest BCUT2D eigenvalue weighted by atomic mass is 32.2. The lowest BCUT2D eigenvalue weighted by atomic mass is 9.93. The molecule has 1 amide bonds. The van der Waals surface area contributed by atoms with Crippen molar-refractivity contribution in [1.29, 1.82) is 0 Å². The van der Waals surface area contributed by atoms with Crippen LogP contribution in [0.3, 0.4) is 0 Å². The molecule has 1 saturated heterocycles. The van der Waals surface area contributed by atoms with Gasteiger partial charge in [-0.05, 0) is 56.6 Å². The first kappa shape index (κ1) is 16.9. The van der Waals surface area contributed by atoms with Crippen LogP contribution in [0.2, 0.25) is 0 Å². The Bertz CT molecular complexity index is 605. The van der Waals surface area contributed by atoms with Crippen LogP contribution in [0.5, 0.6) is 0 Å². The number of carbonyl (C=O) groups is 1. The number of benzene rings is 1. The van der Waals surface area contributed by atoms with Gasteiger partial charge in [-0.2, -0.15) is 0 Å². The van der Waals surface area contributed by atoms with Crippen molar-refractivity contribution in [3.05, 3.63) is 29.8 Å². The zero-order valence-corrected chi connectivity index (χ0v) is 13.6. The smallest absolute Gasteiger partial charge is 0.238 e. The number of carbonyl (C=O) groups excluding carboxylic acids is 1. The molecule has 0 radical (unpaired) electrons. The number of hydrogen-bond acceptors (Lipinski definition) is 4. The van der Waals surface area contributed by atoms with E-state index in [2.05, 4.69) is 17.3 Å². The van der Waals surface area contributed by atoms with E-state index in [-0.39, 0.29) is 10.8 Å². The Hall–Kier alpha value is -1.44. The molecule has 2 rings (SSSR count). The molecule has 1 fully saturated rings. The Morgan fingerprint density at radius 2 is 1.86 bits per heavy atom. The van der Waals surface area contributed by atoms with Crippen LogP contribution in [-0.4, -0.2) is 39.4 Å². The van der Waals surface area contributed by atoms with E-state index in [1.807, 2.05) is 0 Å². The largest absolute Gasteiger partial charge is 0.352 e. The fourth-order valence-electron chi connectivity index (χ4n) is 2.60. The lowest BCUT2D eigenvalue weighted by molar-refractivity contribution is -0.122. The Kier molecular flexibility index (Phi) is 5.55. The van der Waals surface area contributed by atoms with Crippen LogP contribution < -0.4 is 10.5 Å². The molecule has 0 spiro atoms. The number of nitrogens with zero attached hydrogens (tertiary/aromatic N) is 1. The molecule has 0 aliphatic carbocycles. The second kappa shape index (κ2) is 7.21. The van der Waals surface area contributed by atoms with Gasteiger partial charge in [0.15, 0.2) is 0 Å². The third-order valence-corrected chi connectivity index (χ3v) is 4.98. The second-order valence-electron chi connectivity index (χ2n) is 5.92. The number of amides is 1. The highest BCUT2D eigenvalue weighted by molar-refractivity contribution is 7.89. The van der Waals surface area contributed by atoms with Crippen molar-refractivity contribution in [2.75, 3.05) is 20.1 Å². The molecule has 0 saturated carbocycles. The van der Waals surface area contributed by atoms with Gasteiger partial charge in [0.05, 0.1) is 4.90 Å². The number of primary sulfonamides is 1. The van der Waals surface area contributed by atoms with Crippen molar-refractivity contribution < 1.29 is 13.2 Å². The summed E-state index contributed by atoms with van der Waals surface area (Å²) in [6.07, 6.45) is 2.68. The Labute approximate surface area is 131 Å². The molecule has 1 heterocycles. The van der Waals surface area contributed by atoms with E-state index < -0.39 is 10.0 Å². The van der Waals surface area contributed by atoms with E-state index in [0.717, 1.165) is 31.5 Å². The summed E-state index contributed by atoms with van der Waals surface area (Å²) in [5, 5.41) is 7.92. The summed E-state index contributed by atoms with van der Waals surface area (Å²) < 4.78 is 22.3. The van der Waals surface area contributed by atoms with Gasteiger partial charge in [-0.15, -0.1) is 0 Å². The van der Waals surface area contributed by atoms with Gasteiger partial charge in [0.25, 0.3) is 0 Å². The van der Waals surface area contributed by atoms with Crippen molar-refractivity contribution >= 4 is 15.9 Å². The summed E-state index contributed by atoms with van der Waals surface area (Å²) in [4.78, 5) is 14.3. The topological polar surface area (TPSA) is 92.5 Å². The summed E-state index contributed by atoms with van der Waals surface area (Å²) in [5.74, 6) is 0.506. The average molecular weight is 325 g/mol. The minimum absolute atomic E-state index is 0.0464. The summed E-state index contributed by atoms with van der Waals surface area (Å²) in [6, 6.07) is 6.23. The normalized spacial score (nSPS) is 17.4. The zero-order valence-electron chi connectivity index (χ0n) is 12.8. The molecule has 0 aromatic heterocycles. The Morgan fingerprint density at radius 3 is 2.41 bits per heavy atom. The van der Waals surface area contributed by atoms with E-state index in [1.165, 1.54) is 12.1 Å². The Balaban J connectivity index is 1.79. The summed E-state index contributed by atoms with van der Waals surface area (Å²) in [6.45, 7) is 2.50. The van der Waals surface area contributed by atoms with E-state index in [0.29, 0.717) is 18.9 Å². The molecule has 0 atom stereocenters.